The number of fused-ring (bicyclic) bond motifs is 1. The quantitative estimate of drug-likeness (QED) is 0.839. The van der Waals surface area contributed by atoms with Crippen LogP contribution in [0.15, 0.2) is 18.2 Å². The lowest BCUT2D eigenvalue weighted by molar-refractivity contribution is 0.0119. The Hall–Kier alpha value is -1.99. The molecule has 0 N–H and O–H groups in total. The average Bonchev–Trinajstić information content (AvgIpc) is 3.24. The molecule has 1 amide bonds. The standard InChI is InChI=1S/C18H25N5O2/c1-3-23-16-5-4-14(10-15(16)19-20-23)18(24)22-11-13(2)17(12-22)21-6-8-25-9-7-21/h4-5,10,13,17H,3,6-9,11-12H2,1-2H3/t13-,17+/m1/s1. The van der Waals surface area contributed by atoms with Crippen molar-refractivity contribution in [3.63, 3.8) is 0 Å². The summed E-state index contributed by atoms with van der Waals surface area (Å²) in [5, 5.41) is 8.30. The van der Waals surface area contributed by atoms with E-state index in [0.29, 0.717) is 17.5 Å². The summed E-state index contributed by atoms with van der Waals surface area (Å²) in [6, 6.07) is 6.14. The molecule has 0 spiro atoms. The first-order valence-corrected chi connectivity index (χ1v) is 9.11. The fourth-order valence-corrected chi connectivity index (χ4v) is 4.02. The minimum absolute atomic E-state index is 0.0931. The highest BCUT2D eigenvalue weighted by Crippen LogP contribution is 2.25. The lowest BCUT2D eigenvalue weighted by atomic mass is 10.0. The van der Waals surface area contributed by atoms with Crippen LogP contribution in [0.3, 0.4) is 0 Å². The molecule has 0 radical (unpaired) electrons. The number of likely N-dealkylation sites (tertiary alicyclic amines) is 1. The number of ether oxygens (including phenoxy) is 1. The first kappa shape index (κ1) is 16.5. The van der Waals surface area contributed by atoms with Gasteiger partial charge in [0, 0.05) is 44.3 Å². The Morgan fingerprint density at radius 2 is 2.08 bits per heavy atom. The number of nitrogens with zero attached hydrogens (tertiary/aromatic N) is 5. The SMILES string of the molecule is CCn1nnc2cc(C(=O)N3C[C@@H](C)[C@@H](N4CCOCC4)C3)ccc21. The number of amides is 1. The zero-order valence-electron chi connectivity index (χ0n) is 14.9. The normalized spacial score (nSPS) is 25.0. The van der Waals surface area contributed by atoms with Crippen LogP contribution in [0.25, 0.3) is 11.0 Å². The summed E-state index contributed by atoms with van der Waals surface area (Å²) in [5.74, 6) is 0.572. The molecule has 25 heavy (non-hydrogen) atoms. The van der Waals surface area contributed by atoms with Crippen molar-refractivity contribution < 1.29 is 9.53 Å². The van der Waals surface area contributed by atoms with Gasteiger partial charge >= 0.3 is 0 Å². The third-order valence-electron chi connectivity index (χ3n) is 5.43. The summed E-state index contributed by atoms with van der Waals surface area (Å²) in [6.45, 7) is 10.1. The molecule has 0 saturated carbocycles. The van der Waals surface area contributed by atoms with E-state index in [0.717, 1.165) is 57.0 Å². The fraction of sp³-hybridized carbons (Fsp3) is 0.611. The minimum Gasteiger partial charge on any atom is -0.379 e. The summed E-state index contributed by atoms with van der Waals surface area (Å²) in [5.41, 5.74) is 2.45. The fourth-order valence-electron chi connectivity index (χ4n) is 4.02. The van der Waals surface area contributed by atoms with E-state index in [2.05, 4.69) is 22.1 Å². The van der Waals surface area contributed by atoms with Crippen molar-refractivity contribution in [3.05, 3.63) is 23.8 Å². The van der Waals surface area contributed by atoms with Crippen LogP contribution < -0.4 is 0 Å². The third-order valence-corrected chi connectivity index (χ3v) is 5.43. The molecule has 2 aliphatic rings. The van der Waals surface area contributed by atoms with Crippen molar-refractivity contribution in [3.8, 4) is 0 Å². The molecule has 0 aliphatic carbocycles. The van der Waals surface area contributed by atoms with E-state index in [-0.39, 0.29) is 5.91 Å². The van der Waals surface area contributed by atoms with Gasteiger partial charge in [0.2, 0.25) is 0 Å². The second-order valence-electron chi connectivity index (χ2n) is 7.01. The highest BCUT2D eigenvalue weighted by molar-refractivity contribution is 5.97. The molecule has 2 saturated heterocycles. The van der Waals surface area contributed by atoms with E-state index < -0.39 is 0 Å². The van der Waals surface area contributed by atoms with Crippen molar-refractivity contribution >= 4 is 16.9 Å². The molecule has 0 unspecified atom stereocenters. The van der Waals surface area contributed by atoms with Crippen molar-refractivity contribution in [2.24, 2.45) is 5.92 Å². The van der Waals surface area contributed by atoms with Gasteiger partial charge in [-0.15, -0.1) is 5.10 Å². The van der Waals surface area contributed by atoms with E-state index in [1.807, 2.05) is 34.7 Å². The number of rotatable bonds is 3. The van der Waals surface area contributed by atoms with E-state index in [1.54, 1.807) is 0 Å². The number of carbonyl (C=O) groups is 1. The predicted octanol–water partition coefficient (Wildman–Crippen LogP) is 1.24. The lowest BCUT2D eigenvalue weighted by Gasteiger charge is -2.33. The van der Waals surface area contributed by atoms with Crippen molar-refractivity contribution in [2.75, 3.05) is 39.4 Å². The van der Waals surface area contributed by atoms with Crippen LogP contribution in [0.1, 0.15) is 24.2 Å². The van der Waals surface area contributed by atoms with Gasteiger partial charge < -0.3 is 9.64 Å². The molecule has 0 bridgehead atoms. The molecular formula is C18H25N5O2. The molecule has 134 valence electrons. The maximum atomic E-state index is 13.0. The molecular weight excluding hydrogens is 318 g/mol. The smallest absolute Gasteiger partial charge is 0.253 e. The lowest BCUT2D eigenvalue weighted by Crippen LogP contribution is -2.47. The van der Waals surface area contributed by atoms with Crippen LogP contribution in [0, 0.1) is 5.92 Å². The average molecular weight is 343 g/mol. The van der Waals surface area contributed by atoms with Gasteiger partial charge in [0.25, 0.3) is 5.91 Å². The van der Waals surface area contributed by atoms with Crippen LogP contribution in [0.5, 0.6) is 0 Å². The Morgan fingerprint density at radius 3 is 2.84 bits per heavy atom. The zero-order valence-corrected chi connectivity index (χ0v) is 14.9. The maximum Gasteiger partial charge on any atom is 0.253 e. The number of aryl methyl sites for hydroxylation is 1. The maximum absolute atomic E-state index is 13.0. The number of morpholine rings is 1. The molecule has 2 atom stereocenters. The predicted molar refractivity (Wildman–Crippen MR) is 94.4 cm³/mol. The Balaban J connectivity index is 1.51. The number of carbonyl (C=O) groups excluding carboxylic acids is 1. The van der Waals surface area contributed by atoms with Gasteiger partial charge in [-0.1, -0.05) is 12.1 Å². The topological polar surface area (TPSA) is 63.5 Å². The molecule has 2 aliphatic heterocycles. The van der Waals surface area contributed by atoms with Crippen LogP contribution in [0.4, 0.5) is 0 Å². The second-order valence-corrected chi connectivity index (χ2v) is 7.01. The van der Waals surface area contributed by atoms with Crippen molar-refractivity contribution in [1.82, 2.24) is 24.8 Å². The van der Waals surface area contributed by atoms with Crippen LogP contribution in [-0.2, 0) is 11.3 Å². The van der Waals surface area contributed by atoms with Gasteiger partial charge in [0.05, 0.1) is 18.7 Å². The molecule has 2 aromatic rings. The zero-order chi connectivity index (χ0) is 17.4. The number of benzene rings is 1. The molecule has 7 nitrogen and oxygen atoms in total. The Kier molecular flexibility index (Phi) is 4.43. The second kappa shape index (κ2) is 6.72. The number of aromatic nitrogens is 3. The first-order valence-electron chi connectivity index (χ1n) is 9.11. The molecule has 1 aromatic heterocycles. The summed E-state index contributed by atoms with van der Waals surface area (Å²) in [4.78, 5) is 17.4. The van der Waals surface area contributed by atoms with Gasteiger partial charge in [0.15, 0.2) is 0 Å². The van der Waals surface area contributed by atoms with Gasteiger partial charge in [-0.2, -0.15) is 0 Å². The largest absolute Gasteiger partial charge is 0.379 e. The van der Waals surface area contributed by atoms with E-state index in [4.69, 9.17) is 4.74 Å². The molecule has 3 heterocycles. The van der Waals surface area contributed by atoms with Gasteiger partial charge in [-0.3, -0.25) is 9.69 Å². The summed E-state index contributed by atoms with van der Waals surface area (Å²) < 4.78 is 7.30. The third kappa shape index (κ3) is 3.02. The van der Waals surface area contributed by atoms with Crippen molar-refractivity contribution in [1.29, 1.82) is 0 Å². The Bertz CT molecular complexity index is 768. The molecule has 2 fully saturated rings. The van der Waals surface area contributed by atoms with E-state index >= 15 is 0 Å². The van der Waals surface area contributed by atoms with Gasteiger partial charge in [-0.05, 0) is 31.0 Å². The van der Waals surface area contributed by atoms with Crippen LogP contribution >= 0.6 is 0 Å². The highest BCUT2D eigenvalue weighted by Gasteiger charge is 2.36. The minimum atomic E-state index is 0.0931. The summed E-state index contributed by atoms with van der Waals surface area (Å²) in [6.07, 6.45) is 0. The van der Waals surface area contributed by atoms with Crippen LogP contribution in [-0.4, -0.2) is 76.1 Å². The molecule has 1 aromatic carbocycles. The molecule has 4 rings (SSSR count). The molecule has 7 heteroatoms. The first-order chi connectivity index (χ1) is 12.2. The van der Waals surface area contributed by atoms with E-state index in [1.165, 1.54) is 0 Å². The Morgan fingerprint density at radius 1 is 1.28 bits per heavy atom. The monoisotopic (exact) mass is 343 g/mol. The number of hydrogen-bond acceptors (Lipinski definition) is 5. The Labute approximate surface area is 147 Å². The highest BCUT2D eigenvalue weighted by atomic mass is 16.5. The van der Waals surface area contributed by atoms with Crippen LogP contribution in [0.2, 0.25) is 0 Å². The summed E-state index contributed by atoms with van der Waals surface area (Å²) >= 11 is 0. The van der Waals surface area contributed by atoms with Gasteiger partial charge in [0.1, 0.15) is 5.52 Å². The van der Waals surface area contributed by atoms with Crippen molar-refractivity contribution in [2.45, 2.75) is 26.4 Å². The van der Waals surface area contributed by atoms with E-state index in [9.17, 15) is 4.79 Å². The summed E-state index contributed by atoms with van der Waals surface area (Å²) in [7, 11) is 0. The van der Waals surface area contributed by atoms with Gasteiger partial charge in [-0.25, -0.2) is 4.68 Å². The number of hydrogen-bond donors (Lipinski definition) is 0.